The molecule has 0 saturated carbocycles. The van der Waals surface area contributed by atoms with Crippen LogP contribution in [-0.2, 0) is 9.53 Å². The van der Waals surface area contributed by atoms with E-state index in [0.717, 1.165) is 62.2 Å². The van der Waals surface area contributed by atoms with Gasteiger partial charge in [-0.15, -0.1) is 0 Å². The van der Waals surface area contributed by atoms with Crippen molar-refractivity contribution in [3.8, 4) is 0 Å². The van der Waals surface area contributed by atoms with Gasteiger partial charge in [0.05, 0.1) is 5.76 Å². The number of benzene rings is 1. The molecule has 3 nitrogen and oxygen atoms in total. The van der Waals surface area contributed by atoms with Gasteiger partial charge in [0.2, 0.25) is 0 Å². The third kappa shape index (κ3) is 4.01. The molecule has 32 heavy (non-hydrogen) atoms. The summed E-state index contributed by atoms with van der Waals surface area (Å²) in [6.45, 7) is 15.0. The van der Waals surface area contributed by atoms with Crippen LogP contribution in [0.5, 0.6) is 0 Å². The number of ether oxygens (including phenoxy) is 1. The van der Waals surface area contributed by atoms with Gasteiger partial charge in [-0.3, -0.25) is 4.79 Å². The molecule has 0 heterocycles. The van der Waals surface area contributed by atoms with Crippen LogP contribution in [0.1, 0.15) is 83.8 Å². The fraction of sp³-hybridized carbons (Fsp3) is 0.552. The molecule has 4 rings (SSSR count). The minimum absolute atomic E-state index is 0.147. The first-order valence-electron chi connectivity index (χ1n) is 12.6. The Balaban J connectivity index is 1.66. The highest BCUT2D eigenvalue weighted by atomic mass is 16.5. The predicted octanol–water partition coefficient (Wildman–Crippen LogP) is 6.67. The fourth-order valence-corrected chi connectivity index (χ4v) is 5.90. The lowest BCUT2D eigenvalue weighted by Crippen LogP contribution is -2.34. The lowest BCUT2D eigenvalue weighted by atomic mass is 9.60. The summed E-state index contributed by atoms with van der Waals surface area (Å²) in [6, 6.07) is 8.63. The maximum absolute atomic E-state index is 13.8. The topological polar surface area (TPSA) is 29.5 Å². The van der Waals surface area contributed by atoms with Gasteiger partial charge in [0.25, 0.3) is 0 Å². The van der Waals surface area contributed by atoms with Crippen LogP contribution in [0.2, 0.25) is 0 Å². The molecule has 0 amide bonds. The summed E-state index contributed by atoms with van der Waals surface area (Å²) in [5.74, 6) is 1.80. The highest BCUT2D eigenvalue weighted by Crippen LogP contribution is 2.55. The number of fused-ring (bicyclic) bond motifs is 2. The first kappa shape index (κ1) is 23.0. The lowest BCUT2D eigenvalue weighted by molar-refractivity contribution is -0.111. The van der Waals surface area contributed by atoms with Gasteiger partial charge < -0.3 is 9.64 Å². The zero-order valence-electron chi connectivity index (χ0n) is 20.6. The number of allylic oxidation sites excluding steroid dienone is 6. The molecular weight excluding hydrogens is 394 g/mol. The number of hydrogen-bond donors (Lipinski definition) is 0. The maximum atomic E-state index is 13.8. The van der Waals surface area contributed by atoms with Crippen molar-refractivity contribution in [3.05, 3.63) is 63.9 Å². The van der Waals surface area contributed by atoms with Crippen molar-refractivity contribution in [3.63, 3.8) is 0 Å². The third-order valence-corrected chi connectivity index (χ3v) is 7.83. The summed E-state index contributed by atoms with van der Waals surface area (Å²) in [7, 11) is 0. The quantitative estimate of drug-likeness (QED) is 0.458. The second-order valence-corrected chi connectivity index (χ2v) is 9.96. The zero-order chi connectivity index (χ0) is 22.9. The fourth-order valence-electron chi connectivity index (χ4n) is 5.90. The van der Waals surface area contributed by atoms with Crippen molar-refractivity contribution in [1.82, 2.24) is 4.90 Å². The van der Waals surface area contributed by atoms with E-state index >= 15 is 0 Å². The molecule has 1 unspecified atom stereocenters. The summed E-state index contributed by atoms with van der Waals surface area (Å²) >= 11 is 0. The van der Waals surface area contributed by atoms with Gasteiger partial charge in [-0.05, 0) is 66.6 Å². The second-order valence-electron chi connectivity index (χ2n) is 9.96. The van der Waals surface area contributed by atoms with Gasteiger partial charge in [0, 0.05) is 29.5 Å². The van der Waals surface area contributed by atoms with Crippen molar-refractivity contribution < 1.29 is 9.53 Å². The Morgan fingerprint density at radius 3 is 2.56 bits per heavy atom. The van der Waals surface area contributed by atoms with Crippen LogP contribution < -0.4 is 0 Å². The highest BCUT2D eigenvalue weighted by molar-refractivity contribution is 6.31. The van der Waals surface area contributed by atoms with Crippen LogP contribution in [-0.4, -0.2) is 36.9 Å². The number of Topliss-reactive ketones (excluding diaryl/α,β-unsaturated/α-hetero) is 1. The Labute approximate surface area is 194 Å². The van der Waals surface area contributed by atoms with Gasteiger partial charge >= 0.3 is 0 Å². The number of nitrogens with zero attached hydrogens (tertiary/aromatic N) is 1. The first-order valence-corrected chi connectivity index (χ1v) is 12.6. The Bertz CT molecular complexity index is 975. The molecule has 0 bridgehead atoms. The molecule has 0 N–H and O–H groups in total. The Hall–Kier alpha value is -2.13. The van der Waals surface area contributed by atoms with Gasteiger partial charge in [0.15, 0.2) is 5.78 Å². The van der Waals surface area contributed by atoms with Crippen LogP contribution in [0.15, 0.2) is 52.8 Å². The Morgan fingerprint density at radius 1 is 1.09 bits per heavy atom. The van der Waals surface area contributed by atoms with Crippen molar-refractivity contribution in [2.75, 3.05) is 26.2 Å². The molecule has 3 aliphatic rings. The number of ketones is 1. The maximum Gasteiger partial charge on any atom is 0.189 e. The minimum atomic E-state index is -0.147. The summed E-state index contributed by atoms with van der Waals surface area (Å²) in [5, 5.41) is 0. The number of carbonyl (C=O) groups is 1. The molecule has 3 aliphatic carbocycles. The van der Waals surface area contributed by atoms with E-state index in [-0.39, 0.29) is 11.2 Å². The van der Waals surface area contributed by atoms with Crippen molar-refractivity contribution >= 4 is 11.4 Å². The van der Waals surface area contributed by atoms with Gasteiger partial charge in [0.1, 0.15) is 6.61 Å². The predicted molar refractivity (Wildman–Crippen MR) is 132 cm³/mol. The summed E-state index contributed by atoms with van der Waals surface area (Å²) in [4.78, 5) is 16.2. The molecule has 1 aromatic rings. The van der Waals surface area contributed by atoms with E-state index in [1.807, 2.05) is 0 Å². The van der Waals surface area contributed by atoms with Gasteiger partial charge in [-0.2, -0.15) is 0 Å². The molecule has 0 aromatic heterocycles. The molecule has 1 atom stereocenters. The van der Waals surface area contributed by atoms with Crippen LogP contribution >= 0.6 is 0 Å². The molecule has 0 fully saturated rings. The Kier molecular flexibility index (Phi) is 6.76. The standard InChI is InChI=1S/C29H39NO2/c1-6-11-20-18-26-27(23-13-10-9-12-22(20)23)28(31)24-15-14-21(19-25(24)29(26,4)5)32-17-16-30(7-2)8-3/h9-10,12-13,19-20H,6-8,11,14-18H2,1-5H3. The molecule has 0 aliphatic heterocycles. The Morgan fingerprint density at radius 2 is 1.84 bits per heavy atom. The highest BCUT2D eigenvalue weighted by Gasteiger charge is 2.44. The molecule has 172 valence electrons. The summed E-state index contributed by atoms with van der Waals surface area (Å²) in [5.41, 5.74) is 6.94. The van der Waals surface area contributed by atoms with E-state index in [0.29, 0.717) is 12.5 Å². The monoisotopic (exact) mass is 433 g/mol. The first-order chi connectivity index (χ1) is 15.4. The average Bonchev–Trinajstić information content (AvgIpc) is 2.80. The van der Waals surface area contributed by atoms with E-state index in [1.54, 1.807) is 0 Å². The SMILES string of the molecule is CCCC1CC2=C(C(=O)C3=C(C=C(OCCN(CC)CC)CC3)C2(C)C)c2ccccc21. The molecule has 1 aromatic carbocycles. The average molecular weight is 434 g/mol. The smallest absolute Gasteiger partial charge is 0.189 e. The number of carbonyl (C=O) groups excluding carboxylic acids is 1. The number of likely N-dealkylation sites (N-methyl/N-ethyl adjacent to an activating group) is 1. The van der Waals surface area contributed by atoms with Crippen molar-refractivity contribution in [2.45, 2.75) is 72.6 Å². The van der Waals surface area contributed by atoms with Crippen LogP contribution in [0.4, 0.5) is 0 Å². The molecule has 0 saturated heterocycles. The normalized spacial score (nSPS) is 21.9. The van der Waals surface area contributed by atoms with Crippen LogP contribution in [0, 0.1) is 5.41 Å². The molecular formula is C29H39NO2. The molecule has 0 radical (unpaired) electrons. The summed E-state index contributed by atoms with van der Waals surface area (Å²) in [6.07, 6.45) is 7.13. The summed E-state index contributed by atoms with van der Waals surface area (Å²) < 4.78 is 6.20. The van der Waals surface area contributed by atoms with Crippen LogP contribution in [0.25, 0.3) is 5.57 Å². The van der Waals surface area contributed by atoms with E-state index in [9.17, 15) is 4.79 Å². The number of hydrogen-bond acceptors (Lipinski definition) is 3. The molecule has 0 spiro atoms. The van der Waals surface area contributed by atoms with E-state index < -0.39 is 0 Å². The minimum Gasteiger partial charge on any atom is -0.497 e. The van der Waals surface area contributed by atoms with Gasteiger partial charge in [-0.1, -0.05) is 65.3 Å². The number of rotatable bonds is 8. The zero-order valence-corrected chi connectivity index (χ0v) is 20.6. The van der Waals surface area contributed by atoms with Crippen molar-refractivity contribution in [1.29, 1.82) is 0 Å². The van der Waals surface area contributed by atoms with Crippen molar-refractivity contribution in [2.24, 2.45) is 5.41 Å². The third-order valence-electron chi connectivity index (χ3n) is 7.83. The van der Waals surface area contributed by atoms with E-state index in [4.69, 9.17) is 4.74 Å². The van der Waals surface area contributed by atoms with Gasteiger partial charge in [-0.25, -0.2) is 0 Å². The van der Waals surface area contributed by atoms with Crippen LogP contribution in [0.3, 0.4) is 0 Å². The van der Waals surface area contributed by atoms with E-state index in [2.05, 4.69) is 69.9 Å². The molecule has 3 heteroatoms. The lowest BCUT2D eigenvalue weighted by Gasteiger charge is -2.43. The second kappa shape index (κ2) is 9.39. The largest absolute Gasteiger partial charge is 0.497 e. The van der Waals surface area contributed by atoms with E-state index in [1.165, 1.54) is 28.7 Å².